The molecule has 2 heterocycles. The Labute approximate surface area is 138 Å². The van der Waals surface area contributed by atoms with Crippen LogP contribution in [-0.2, 0) is 11.8 Å². The highest BCUT2D eigenvalue weighted by Gasteiger charge is 2.35. The molecule has 0 radical (unpaired) electrons. The van der Waals surface area contributed by atoms with Crippen LogP contribution >= 0.6 is 12.4 Å². The Kier molecular flexibility index (Phi) is 5.87. The molecule has 1 saturated heterocycles. The van der Waals surface area contributed by atoms with Gasteiger partial charge in [0.05, 0.1) is 5.69 Å². The van der Waals surface area contributed by atoms with Gasteiger partial charge < -0.3 is 15.4 Å². The van der Waals surface area contributed by atoms with Crippen molar-refractivity contribution in [2.24, 2.45) is 18.2 Å². The summed E-state index contributed by atoms with van der Waals surface area (Å²) in [5.74, 6) is 0.719. The van der Waals surface area contributed by atoms with Gasteiger partial charge in [-0.05, 0) is 25.7 Å². The zero-order chi connectivity index (χ0) is 15.8. The van der Waals surface area contributed by atoms with Crippen LogP contribution in [0.4, 0.5) is 0 Å². The van der Waals surface area contributed by atoms with Gasteiger partial charge in [-0.3, -0.25) is 9.48 Å². The largest absolute Gasteiger partial charge is 0.480 e. The fourth-order valence-electron chi connectivity index (χ4n) is 2.78. The van der Waals surface area contributed by atoms with Gasteiger partial charge in [0.1, 0.15) is 5.69 Å². The number of carbonyl (C=O) groups excluding carboxylic acids is 1. The number of nitrogens with two attached hydrogens (primary N) is 1. The number of nitrogens with zero attached hydrogens (tertiary/aromatic N) is 3. The highest BCUT2D eigenvalue weighted by molar-refractivity contribution is 5.85. The van der Waals surface area contributed by atoms with Crippen molar-refractivity contribution in [3.05, 3.63) is 11.4 Å². The molecule has 1 atom stereocenters. The number of hydrogen-bond donors (Lipinski definition) is 1. The molecule has 7 heteroatoms. The number of piperidine rings is 1. The van der Waals surface area contributed by atoms with Crippen LogP contribution in [0.2, 0.25) is 0 Å². The molecule has 1 aromatic heterocycles. The Morgan fingerprint density at radius 1 is 1.45 bits per heavy atom. The van der Waals surface area contributed by atoms with Gasteiger partial charge in [-0.2, -0.15) is 5.10 Å². The summed E-state index contributed by atoms with van der Waals surface area (Å²) >= 11 is 0. The molecule has 0 aliphatic carbocycles. The first-order valence-electron chi connectivity index (χ1n) is 7.38. The minimum absolute atomic E-state index is 0. The van der Waals surface area contributed by atoms with Gasteiger partial charge >= 0.3 is 0 Å². The molecule has 2 rings (SSSR count). The number of ether oxygens (including phenoxy) is 1. The van der Waals surface area contributed by atoms with Crippen molar-refractivity contribution < 1.29 is 9.53 Å². The molecule has 1 aliphatic rings. The Morgan fingerprint density at radius 2 is 2.09 bits per heavy atom. The first kappa shape index (κ1) is 18.8. The summed E-state index contributed by atoms with van der Waals surface area (Å²) in [4.78, 5) is 14.2. The van der Waals surface area contributed by atoms with Gasteiger partial charge in [-0.1, -0.05) is 13.8 Å². The minimum atomic E-state index is -0.0476. The first-order valence-corrected chi connectivity index (χ1v) is 7.38. The van der Waals surface area contributed by atoms with Crippen molar-refractivity contribution >= 4 is 18.3 Å². The number of hydrogen-bond acceptors (Lipinski definition) is 4. The summed E-state index contributed by atoms with van der Waals surface area (Å²) in [6.07, 6.45) is 0.837. The van der Waals surface area contributed by atoms with Crippen LogP contribution in [0.3, 0.4) is 0 Å². The summed E-state index contributed by atoms with van der Waals surface area (Å²) in [5.41, 5.74) is 7.80. The van der Waals surface area contributed by atoms with E-state index in [0.29, 0.717) is 18.8 Å². The third-order valence-electron chi connectivity index (χ3n) is 4.45. The molecule has 6 nitrogen and oxygen atoms in total. The zero-order valence-electron chi connectivity index (χ0n) is 14.0. The SMILES string of the molecule is Cc1nn(C)c(C)c1OCC(=O)N1CCC(N)C(C)(C)C1.Cl. The monoisotopic (exact) mass is 330 g/mol. The van der Waals surface area contributed by atoms with Crippen LogP contribution in [0, 0.1) is 19.3 Å². The van der Waals surface area contributed by atoms with Gasteiger partial charge in [0.25, 0.3) is 5.91 Å². The highest BCUT2D eigenvalue weighted by atomic mass is 35.5. The summed E-state index contributed by atoms with van der Waals surface area (Å²) in [6, 6.07) is 0.144. The smallest absolute Gasteiger partial charge is 0.260 e. The molecule has 0 aromatic carbocycles. The van der Waals surface area contributed by atoms with Crippen molar-refractivity contribution in [1.29, 1.82) is 0 Å². The molecular weight excluding hydrogens is 304 g/mol. The predicted octanol–water partition coefficient (Wildman–Crippen LogP) is 1.42. The Bertz CT molecular complexity index is 542. The maximum absolute atomic E-state index is 12.3. The summed E-state index contributed by atoms with van der Waals surface area (Å²) in [6.45, 7) is 9.47. The second kappa shape index (κ2) is 6.87. The van der Waals surface area contributed by atoms with Crippen molar-refractivity contribution in [3.63, 3.8) is 0 Å². The van der Waals surface area contributed by atoms with Gasteiger partial charge in [-0.25, -0.2) is 0 Å². The van der Waals surface area contributed by atoms with E-state index in [1.807, 2.05) is 25.8 Å². The van der Waals surface area contributed by atoms with E-state index in [0.717, 1.165) is 17.8 Å². The summed E-state index contributed by atoms with van der Waals surface area (Å²) < 4.78 is 7.45. The lowest BCUT2D eigenvalue weighted by atomic mass is 9.80. The normalized spacial score (nSPS) is 20.5. The fraction of sp³-hybridized carbons (Fsp3) is 0.733. The van der Waals surface area contributed by atoms with E-state index < -0.39 is 0 Å². The van der Waals surface area contributed by atoms with Crippen molar-refractivity contribution in [2.45, 2.75) is 40.2 Å². The minimum Gasteiger partial charge on any atom is -0.480 e. The second-order valence-corrected chi connectivity index (χ2v) is 6.61. The molecular formula is C15H27ClN4O2. The van der Waals surface area contributed by atoms with E-state index in [1.54, 1.807) is 4.68 Å². The topological polar surface area (TPSA) is 73.4 Å². The number of aromatic nitrogens is 2. The van der Waals surface area contributed by atoms with Crippen LogP contribution in [0.5, 0.6) is 5.75 Å². The molecule has 126 valence electrons. The van der Waals surface area contributed by atoms with Crippen LogP contribution in [0.15, 0.2) is 0 Å². The van der Waals surface area contributed by atoms with Crippen LogP contribution in [0.1, 0.15) is 31.7 Å². The second-order valence-electron chi connectivity index (χ2n) is 6.61. The molecule has 2 N–H and O–H groups in total. The Morgan fingerprint density at radius 3 is 2.59 bits per heavy atom. The van der Waals surface area contributed by atoms with Crippen LogP contribution < -0.4 is 10.5 Å². The first-order chi connectivity index (χ1) is 9.72. The number of amides is 1. The lowest BCUT2D eigenvalue weighted by Gasteiger charge is -2.42. The fourth-order valence-corrected chi connectivity index (χ4v) is 2.78. The molecule has 1 unspecified atom stereocenters. The van der Waals surface area contributed by atoms with Gasteiger partial charge in [0, 0.05) is 26.2 Å². The number of halogens is 1. The van der Waals surface area contributed by atoms with E-state index in [-0.39, 0.29) is 36.4 Å². The number of carbonyl (C=O) groups is 1. The average Bonchev–Trinajstić information content (AvgIpc) is 2.64. The summed E-state index contributed by atoms with van der Waals surface area (Å²) in [5, 5.41) is 4.28. The standard InChI is InChI=1S/C15H26N4O2.ClH/c1-10-14(11(2)18(5)17-10)21-8-13(20)19-7-6-12(16)15(3,4)9-19;/h12H,6-9,16H2,1-5H3;1H. The molecule has 22 heavy (non-hydrogen) atoms. The molecule has 0 spiro atoms. The van der Waals surface area contributed by atoms with Crippen molar-refractivity contribution in [3.8, 4) is 5.75 Å². The van der Waals surface area contributed by atoms with Gasteiger partial charge in [-0.15, -0.1) is 12.4 Å². The van der Waals surface area contributed by atoms with E-state index in [9.17, 15) is 4.79 Å². The Balaban J connectivity index is 0.00000242. The molecule has 1 fully saturated rings. The molecule has 1 amide bonds. The zero-order valence-corrected chi connectivity index (χ0v) is 14.9. The van der Waals surface area contributed by atoms with E-state index in [2.05, 4.69) is 18.9 Å². The molecule has 0 saturated carbocycles. The Hall–Kier alpha value is -1.27. The lowest BCUT2D eigenvalue weighted by molar-refractivity contribution is -0.136. The highest BCUT2D eigenvalue weighted by Crippen LogP contribution is 2.28. The number of aryl methyl sites for hydroxylation is 2. The third kappa shape index (κ3) is 3.73. The number of rotatable bonds is 3. The predicted molar refractivity (Wildman–Crippen MR) is 88.4 cm³/mol. The van der Waals surface area contributed by atoms with Gasteiger partial charge in [0.2, 0.25) is 0 Å². The van der Waals surface area contributed by atoms with Crippen LogP contribution in [-0.4, -0.2) is 46.3 Å². The van der Waals surface area contributed by atoms with Crippen molar-refractivity contribution in [2.75, 3.05) is 19.7 Å². The number of likely N-dealkylation sites (tertiary alicyclic amines) is 1. The average molecular weight is 331 g/mol. The summed E-state index contributed by atoms with van der Waals surface area (Å²) in [7, 11) is 1.87. The molecule has 0 bridgehead atoms. The maximum Gasteiger partial charge on any atom is 0.260 e. The molecule has 1 aromatic rings. The quantitative estimate of drug-likeness (QED) is 0.909. The maximum atomic E-state index is 12.3. The lowest BCUT2D eigenvalue weighted by Crippen LogP contribution is -2.54. The van der Waals surface area contributed by atoms with Crippen LogP contribution in [0.25, 0.3) is 0 Å². The van der Waals surface area contributed by atoms with Gasteiger partial charge in [0.15, 0.2) is 12.4 Å². The van der Waals surface area contributed by atoms with E-state index >= 15 is 0 Å². The third-order valence-corrected chi connectivity index (χ3v) is 4.45. The van der Waals surface area contributed by atoms with Crippen molar-refractivity contribution in [1.82, 2.24) is 14.7 Å². The van der Waals surface area contributed by atoms with E-state index in [1.165, 1.54) is 0 Å². The van der Waals surface area contributed by atoms with E-state index in [4.69, 9.17) is 10.5 Å². The molecule has 1 aliphatic heterocycles.